The average Bonchev–Trinajstić information content (AvgIpc) is 3.48. The van der Waals surface area contributed by atoms with Gasteiger partial charge in [0, 0.05) is 13.6 Å². The molecule has 0 N–H and O–H groups in total. The van der Waals surface area contributed by atoms with Crippen LogP contribution in [0.15, 0.2) is 46.2 Å². The molecule has 2 atom stereocenters. The molecule has 0 spiro atoms. The van der Waals surface area contributed by atoms with Crippen LogP contribution in [-0.2, 0) is 24.9 Å². The summed E-state index contributed by atoms with van der Waals surface area (Å²) in [5.74, 6) is 0. The molecule has 0 bridgehead atoms. The first-order valence-electron chi connectivity index (χ1n) is 13.4. The fraction of sp³-hybridized carbons (Fsp3) is 0.607. The van der Waals surface area contributed by atoms with Crippen LogP contribution in [0, 0.1) is 0 Å². The van der Waals surface area contributed by atoms with Crippen molar-refractivity contribution in [3.8, 4) is 0 Å². The van der Waals surface area contributed by atoms with Crippen molar-refractivity contribution in [2.45, 2.75) is 103 Å². The molecule has 1 aliphatic rings. The highest BCUT2D eigenvalue weighted by molar-refractivity contribution is 5.70. The van der Waals surface area contributed by atoms with E-state index in [1.807, 2.05) is 30.3 Å². The number of fused-ring (bicyclic) bond motifs is 1. The van der Waals surface area contributed by atoms with Crippen LogP contribution >= 0.6 is 0 Å². The predicted molar refractivity (Wildman–Crippen MR) is 140 cm³/mol. The standard InChI is InChI=1S/C28H40N4O3/c1-3-15-23-24(35-23)18-13-8-6-4-5-7-9-14-19-31-27(33)25-26(29-21-30(25)2)32(28(31)34)20-22-16-11-10-12-17-22/h10-12,16-17,21,23-24H,3-9,13-15,18-20H2,1-2H3. The van der Waals surface area contributed by atoms with Crippen molar-refractivity contribution in [3.05, 3.63) is 63.1 Å². The van der Waals surface area contributed by atoms with Crippen molar-refractivity contribution in [1.82, 2.24) is 18.7 Å². The maximum atomic E-state index is 13.3. The Balaban J connectivity index is 1.24. The van der Waals surface area contributed by atoms with Crippen molar-refractivity contribution < 1.29 is 4.74 Å². The molecule has 7 heteroatoms. The molecule has 3 aromatic rings. The Morgan fingerprint density at radius 2 is 1.51 bits per heavy atom. The van der Waals surface area contributed by atoms with Gasteiger partial charge in [-0.2, -0.15) is 0 Å². The molecular weight excluding hydrogens is 440 g/mol. The van der Waals surface area contributed by atoms with E-state index < -0.39 is 0 Å². The van der Waals surface area contributed by atoms with Crippen LogP contribution in [0.4, 0.5) is 0 Å². The summed E-state index contributed by atoms with van der Waals surface area (Å²) in [6.07, 6.45) is 15.7. The molecule has 0 radical (unpaired) electrons. The molecule has 1 aromatic carbocycles. The number of aryl methyl sites for hydroxylation is 1. The van der Waals surface area contributed by atoms with Gasteiger partial charge in [0.2, 0.25) is 0 Å². The van der Waals surface area contributed by atoms with E-state index in [4.69, 9.17) is 4.74 Å². The second-order valence-corrected chi connectivity index (χ2v) is 9.96. The third kappa shape index (κ3) is 6.51. The van der Waals surface area contributed by atoms with Crippen LogP contribution in [0.5, 0.6) is 0 Å². The lowest BCUT2D eigenvalue weighted by Gasteiger charge is -2.12. The maximum Gasteiger partial charge on any atom is 0.333 e. The summed E-state index contributed by atoms with van der Waals surface area (Å²) < 4.78 is 10.4. The smallest absolute Gasteiger partial charge is 0.333 e. The Bertz CT molecular complexity index is 1190. The minimum atomic E-state index is -0.272. The summed E-state index contributed by atoms with van der Waals surface area (Å²) >= 11 is 0. The highest BCUT2D eigenvalue weighted by Gasteiger charge is 2.36. The Morgan fingerprint density at radius 3 is 2.23 bits per heavy atom. The van der Waals surface area contributed by atoms with E-state index in [-0.39, 0.29) is 11.2 Å². The molecule has 7 nitrogen and oxygen atoms in total. The van der Waals surface area contributed by atoms with Gasteiger partial charge in [-0.05, 0) is 24.8 Å². The molecule has 3 heterocycles. The van der Waals surface area contributed by atoms with Crippen molar-refractivity contribution >= 4 is 11.2 Å². The lowest BCUT2D eigenvalue weighted by atomic mass is 10.0. The lowest BCUT2D eigenvalue weighted by molar-refractivity contribution is 0.350. The SMILES string of the molecule is CCCC1OC1CCCCCCCCCCn1c(=O)c2c(ncn2C)n(Cc2ccccc2)c1=O. The second-order valence-electron chi connectivity index (χ2n) is 9.96. The highest BCUT2D eigenvalue weighted by Crippen LogP contribution is 2.30. The van der Waals surface area contributed by atoms with Crippen molar-refractivity contribution in [2.75, 3.05) is 0 Å². The largest absolute Gasteiger partial charge is 0.370 e. The third-order valence-corrected chi connectivity index (χ3v) is 7.15. The van der Waals surface area contributed by atoms with Crippen molar-refractivity contribution in [1.29, 1.82) is 0 Å². The first kappa shape index (κ1) is 25.4. The Labute approximate surface area is 207 Å². The van der Waals surface area contributed by atoms with Gasteiger partial charge < -0.3 is 9.30 Å². The quantitative estimate of drug-likeness (QED) is 0.226. The number of ether oxygens (including phenoxy) is 1. The van der Waals surface area contributed by atoms with Crippen LogP contribution in [0.2, 0.25) is 0 Å². The number of epoxide rings is 1. The average molecular weight is 481 g/mol. The van der Waals surface area contributed by atoms with E-state index in [1.165, 1.54) is 55.9 Å². The van der Waals surface area contributed by atoms with Crippen molar-refractivity contribution in [2.24, 2.45) is 7.05 Å². The van der Waals surface area contributed by atoms with Gasteiger partial charge in [0.1, 0.15) is 0 Å². The van der Waals surface area contributed by atoms with Crippen molar-refractivity contribution in [3.63, 3.8) is 0 Å². The van der Waals surface area contributed by atoms with Crippen LogP contribution in [0.1, 0.15) is 83.1 Å². The molecule has 190 valence electrons. The maximum absolute atomic E-state index is 13.3. The van der Waals surface area contributed by atoms with E-state index in [0.29, 0.717) is 36.5 Å². The van der Waals surface area contributed by atoms with Crippen LogP contribution in [-0.4, -0.2) is 30.9 Å². The number of hydrogen-bond donors (Lipinski definition) is 0. The molecule has 1 fully saturated rings. The van der Waals surface area contributed by atoms with Gasteiger partial charge in [-0.1, -0.05) is 88.6 Å². The molecule has 1 aliphatic heterocycles. The summed E-state index contributed by atoms with van der Waals surface area (Å²) in [7, 11) is 1.81. The second kappa shape index (κ2) is 12.3. The number of rotatable bonds is 15. The lowest BCUT2D eigenvalue weighted by Crippen LogP contribution is -2.40. The number of benzene rings is 1. The molecule has 0 amide bonds. The predicted octanol–water partition coefficient (Wildman–Crippen LogP) is 5.02. The zero-order valence-corrected chi connectivity index (χ0v) is 21.3. The van der Waals surface area contributed by atoms with Gasteiger partial charge in [0.15, 0.2) is 11.2 Å². The van der Waals surface area contributed by atoms with Gasteiger partial charge in [0.25, 0.3) is 5.56 Å². The summed E-state index contributed by atoms with van der Waals surface area (Å²) in [6, 6.07) is 9.83. The first-order chi connectivity index (χ1) is 17.1. The van der Waals surface area contributed by atoms with E-state index in [9.17, 15) is 9.59 Å². The zero-order chi connectivity index (χ0) is 24.6. The summed E-state index contributed by atoms with van der Waals surface area (Å²) in [6.45, 7) is 3.08. The molecule has 4 rings (SSSR count). The highest BCUT2D eigenvalue weighted by atomic mass is 16.6. The number of hydrogen-bond acceptors (Lipinski definition) is 4. The third-order valence-electron chi connectivity index (χ3n) is 7.15. The topological polar surface area (TPSA) is 74.3 Å². The Kier molecular flexibility index (Phi) is 8.96. The minimum Gasteiger partial charge on any atom is -0.370 e. The number of aromatic nitrogens is 4. The molecule has 35 heavy (non-hydrogen) atoms. The van der Waals surface area contributed by atoms with Gasteiger partial charge in [0.05, 0.1) is 25.1 Å². The van der Waals surface area contributed by atoms with Crippen LogP contribution in [0.25, 0.3) is 11.2 Å². The Hall–Kier alpha value is -2.67. The number of unbranched alkanes of at least 4 members (excludes halogenated alkanes) is 7. The van der Waals surface area contributed by atoms with E-state index >= 15 is 0 Å². The first-order valence-corrected chi connectivity index (χ1v) is 13.4. The molecule has 2 aromatic heterocycles. The van der Waals surface area contributed by atoms with Gasteiger partial charge in [-0.15, -0.1) is 0 Å². The summed E-state index contributed by atoms with van der Waals surface area (Å²) in [5, 5.41) is 0. The number of imidazole rings is 1. The summed E-state index contributed by atoms with van der Waals surface area (Å²) in [5.41, 5.74) is 1.44. The van der Waals surface area contributed by atoms with Gasteiger partial charge in [-0.3, -0.25) is 13.9 Å². The van der Waals surface area contributed by atoms with Gasteiger partial charge >= 0.3 is 5.69 Å². The van der Waals surface area contributed by atoms with E-state index in [2.05, 4.69) is 11.9 Å². The van der Waals surface area contributed by atoms with Gasteiger partial charge in [-0.25, -0.2) is 9.78 Å². The normalized spacial score (nSPS) is 17.3. The monoisotopic (exact) mass is 480 g/mol. The zero-order valence-electron chi connectivity index (χ0n) is 21.3. The molecule has 2 unspecified atom stereocenters. The fourth-order valence-electron chi connectivity index (χ4n) is 5.07. The Morgan fingerprint density at radius 1 is 0.857 bits per heavy atom. The molecular formula is C28H40N4O3. The molecule has 0 saturated carbocycles. The van der Waals surface area contributed by atoms with Crippen LogP contribution < -0.4 is 11.2 Å². The minimum absolute atomic E-state index is 0.241. The van der Waals surface area contributed by atoms with E-state index in [1.54, 1.807) is 22.5 Å². The van der Waals surface area contributed by atoms with Crippen LogP contribution in [0.3, 0.4) is 0 Å². The number of nitrogens with zero attached hydrogens (tertiary/aromatic N) is 4. The van der Waals surface area contributed by atoms with E-state index in [0.717, 1.165) is 24.8 Å². The fourth-order valence-corrected chi connectivity index (χ4v) is 5.07. The molecule has 1 saturated heterocycles. The molecule has 0 aliphatic carbocycles. The summed E-state index contributed by atoms with van der Waals surface area (Å²) in [4.78, 5) is 30.7.